The fourth-order valence-corrected chi connectivity index (χ4v) is 0.931. The van der Waals surface area contributed by atoms with Gasteiger partial charge in [0.25, 0.3) is 0 Å². The maximum absolute atomic E-state index is 13.1. The first kappa shape index (κ1) is 11.9. The van der Waals surface area contributed by atoms with Gasteiger partial charge in [-0.1, -0.05) is 13.0 Å². The molecule has 1 atom stereocenters. The monoisotopic (exact) mass is 216 g/mol. The molecule has 0 saturated heterocycles. The van der Waals surface area contributed by atoms with E-state index in [2.05, 4.69) is 0 Å². The smallest absolute Gasteiger partial charge is 0.200 e. The molecule has 0 aliphatic carbocycles. The predicted molar refractivity (Wildman–Crippen MR) is 52.8 cm³/mol. The van der Waals surface area contributed by atoms with E-state index < -0.39 is 17.2 Å². The summed E-state index contributed by atoms with van der Waals surface area (Å²) < 4.78 is 30.9. The average Bonchev–Trinajstić information content (AvgIpc) is 2.20. The number of hydrogen-bond donors (Lipinski definition) is 1. The number of hydrogen-bond acceptors (Lipinski definition) is 2. The van der Waals surface area contributed by atoms with Gasteiger partial charge >= 0.3 is 0 Å². The van der Waals surface area contributed by atoms with Crippen molar-refractivity contribution in [3.63, 3.8) is 0 Å². The number of ether oxygens (including phenoxy) is 1. The molecule has 0 bridgehead atoms. The first-order valence-corrected chi connectivity index (χ1v) is 4.75. The lowest BCUT2D eigenvalue weighted by atomic mass is 10.1. The minimum atomic E-state index is -1.03. The summed E-state index contributed by atoms with van der Waals surface area (Å²) in [5, 5.41) is 9.60. The first-order valence-electron chi connectivity index (χ1n) is 4.75. The van der Waals surface area contributed by atoms with Gasteiger partial charge in [0, 0.05) is 0 Å². The number of aliphatic hydroxyl groups is 1. The summed E-state index contributed by atoms with van der Waals surface area (Å²) in [6.45, 7) is 3.29. The minimum absolute atomic E-state index is 0.0656. The van der Waals surface area contributed by atoms with Gasteiger partial charge in [-0.05, 0) is 25.5 Å². The highest BCUT2D eigenvalue weighted by Crippen LogP contribution is 2.20. The predicted octanol–water partition coefficient (Wildman–Crippen LogP) is 2.50. The van der Waals surface area contributed by atoms with E-state index in [-0.39, 0.29) is 12.4 Å². The summed E-state index contributed by atoms with van der Waals surface area (Å²) in [5.74, 6) is -2.16. The molecule has 1 unspecified atom stereocenters. The van der Waals surface area contributed by atoms with Gasteiger partial charge in [0.15, 0.2) is 11.6 Å². The van der Waals surface area contributed by atoms with Crippen LogP contribution in [0.15, 0.2) is 18.2 Å². The van der Waals surface area contributed by atoms with Crippen molar-refractivity contribution >= 4 is 0 Å². The number of halogens is 2. The third-order valence-electron chi connectivity index (χ3n) is 2.22. The lowest BCUT2D eigenvalue weighted by molar-refractivity contribution is 0.00713. The largest absolute Gasteiger partial charge is 0.487 e. The molecule has 0 aliphatic heterocycles. The van der Waals surface area contributed by atoms with Gasteiger partial charge in [-0.25, -0.2) is 4.39 Å². The minimum Gasteiger partial charge on any atom is -0.487 e. The second-order valence-electron chi connectivity index (χ2n) is 3.69. The Morgan fingerprint density at radius 2 is 2.07 bits per heavy atom. The van der Waals surface area contributed by atoms with E-state index in [4.69, 9.17) is 4.74 Å². The van der Waals surface area contributed by atoms with Crippen molar-refractivity contribution in [3.8, 4) is 5.75 Å². The van der Waals surface area contributed by atoms with E-state index >= 15 is 0 Å². The molecule has 84 valence electrons. The Balaban J connectivity index is 2.70. The summed E-state index contributed by atoms with van der Waals surface area (Å²) >= 11 is 0. The fourth-order valence-electron chi connectivity index (χ4n) is 0.931. The van der Waals surface area contributed by atoms with Crippen LogP contribution in [0.2, 0.25) is 0 Å². The average molecular weight is 216 g/mol. The van der Waals surface area contributed by atoms with Crippen molar-refractivity contribution in [1.29, 1.82) is 0 Å². The van der Waals surface area contributed by atoms with Gasteiger partial charge in [-0.3, -0.25) is 0 Å². The maximum Gasteiger partial charge on any atom is 0.200 e. The summed E-state index contributed by atoms with van der Waals surface area (Å²) in [7, 11) is 0. The lowest BCUT2D eigenvalue weighted by Crippen LogP contribution is -2.31. The molecular weight excluding hydrogens is 202 g/mol. The molecule has 0 aromatic heterocycles. The second kappa shape index (κ2) is 4.57. The SMILES string of the molecule is CCC(C)(O)COc1cccc(F)c1F. The molecular formula is C11H14F2O2. The standard InChI is InChI=1S/C11H14F2O2/c1-3-11(2,14)7-15-9-6-4-5-8(12)10(9)13/h4-6,14H,3,7H2,1-2H3. The van der Waals surface area contributed by atoms with Gasteiger partial charge < -0.3 is 9.84 Å². The molecule has 1 aromatic rings. The molecule has 0 saturated carbocycles. The van der Waals surface area contributed by atoms with E-state index in [9.17, 15) is 13.9 Å². The van der Waals surface area contributed by atoms with Crippen LogP contribution in [0.3, 0.4) is 0 Å². The van der Waals surface area contributed by atoms with Gasteiger partial charge in [-0.2, -0.15) is 4.39 Å². The molecule has 0 spiro atoms. The molecule has 0 heterocycles. The number of benzene rings is 1. The van der Waals surface area contributed by atoms with Crippen LogP contribution < -0.4 is 4.74 Å². The fraction of sp³-hybridized carbons (Fsp3) is 0.455. The van der Waals surface area contributed by atoms with Crippen molar-refractivity contribution in [2.75, 3.05) is 6.61 Å². The quantitative estimate of drug-likeness (QED) is 0.837. The Hall–Kier alpha value is -1.16. The maximum atomic E-state index is 13.1. The Morgan fingerprint density at radius 3 is 2.67 bits per heavy atom. The molecule has 0 fully saturated rings. The second-order valence-corrected chi connectivity index (χ2v) is 3.69. The summed E-state index contributed by atoms with van der Waals surface area (Å²) in [6.07, 6.45) is 0.476. The lowest BCUT2D eigenvalue weighted by Gasteiger charge is -2.21. The highest BCUT2D eigenvalue weighted by molar-refractivity contribution is 5.25. The molecule has 0 radical (unpaired) electrons. The zero-order valence-corrected chi connectivity index (χ0v) is 8.76. The highest BCUT2D eigenvalue weighted by atomic mass is 19.2. The molecule has 0 amide bonds. The zero-order valence-electron chi connectivity index (χ0n) is 8.76. The van der Waals surface area contributed by atoms with Crippen molar-refractivity contribution in [1.82, 2.24) is 0 Å². The summed E-state index contributed by atoms with van der Waals surface area (Å²) in [4.78, 5) is 0. The summed E-state index contributed by atoms with van der Waals surface area (Å²) in [6, 6.07) is 3.69. The van der Waals surface area contributed by atoms with Crippen LogP contribution in [0.25, 0.3) is 0 Å². The van der Waals surface area contributed by atoms with E-state index in [1.54, 1.807) is 13.8 Å². The van der Waals surface area contributed by atoms with Crippen molar-refractivity contribution in [3.05, 3.63) is 29.8 Å². The van der Waals surface area contributed by atoms with E-state index in [0.29, 0.717) is 6.42 Å². The number of rotatable bonds is 4. The highest BCUT2D eigenvalue weighted by Gasteiger charge is 2.19. The van der Waals surface area contributed by atoms with Gasteiger partial charge in [0.1, 0.15) is 6.61 Å². The molecule has 1 rings (SSSR count). The van der Waals surface area contributed by atoms with Crippen molar-refractivity contribution in [2.45, 2.75) is 25.9 Å². The van der Waals surface area contributed by atoms with E-state index in [1.165, 1.54) is 12.1 Å². The molecule has 2 nitrogen and oxygen atoms in total. The van der Waals surface area contributed by atoms with Crippen molar-refractivity contribution in [2.24, 2.45) is 0 Å². The third-order valence-corrected chi connectivity index (χ3v) is 2.22. The van der Waals surface area contributed by atoms with E-state index in [0.717, 1.165) is 6.07 Å². The first-order chi connectivity index (χ1) is 6.96. The Kier molecular flexibility index (Phi) is 3.63. The molecule has 1 aromatic carbocycles. The van der Waals surface area contributed by atoms with Gasteiger partial charge in [0.05, 0.1) is 5.60 Å². The van der Waals surface area contributed by atoms with Gasteiger partial charge in [0.2, 0.25) is 5.82 Å². The van der Waals surface area contributed by atoms with Gasteiger partial charge in [-0.15, -0.1) is 0 Å². The normalized spacial score (nSPS) is 14.7. The molecule has 0 aliphatic rings. The third kappa shape index (κ3) is 3.16. The van der Waals surface area contributed by atoms with Crippen LogP contribution in [0, 0.1) is 11.6 Å². The Morgan fingerprint density at radius 1 is 1.40 bits per heavy atom. The van der Waals surface area contributed by atoms with Crippen LogP contribution in [0.5, 0.6) is 5.75 Å². The topological polar surface area (TPSA) is 29.5 Å². The van der Waals surface area contributed by atoms with Crippen LogP contribution in [0.1, 0.15) is 20.3 Å². The van der Waals surface area contributed by atoms with Crippen LogP contribution in [0.4, 0.5) is 8.78 Å². The zero-order chi connectivity index (χ0) is 11.5. The summed E-state index contributed by atoms with van der Waals surface area (Å²) in [5.41, 5.74) is -1.03. The van der Waals surface area contributed by atoms with Crippen LogP contribution in [-0.2, 0) is 0 Å². The molecule has 1 N–H and O–H groups in total. The van der Waals surface area contributed by atoms with E-state index in [1.807, 2.05) is 0 Å². The molecule has 15 heavy (non-hydrogen) atoms. The van der Waals surface area contributed by atoms with Crippen LogP contribution >= 0.6 is 0 Å². The Bertz CT molecular complexity index is 337. The van der Waals surface area contributed by atoms with Crippen molar-refractivity contribution < 1.29 is 18.6 Å². The Labute approximate surface area is 87.5 Å². The molecule has 4 heteroatoms. The van der Waals surface area contributed by atoms with Crippen LogP contribution in [-0.4, -0.2) is 17.3 Å².